The number of ether oxygens (including phenoxy) is 1. The number of esters is 1. The molecule has 0 spiro atoms. The van der Waals surface area contributed by atoms with Gasteiger partial charge in [0, 0.05) is 0 Å². The van der Waals surface area contributed by atoms with Crippen molar-refractivity contribution < 1.29 is 27.9 Å². The van der Waals surface area contributed by atoms with E-state index in [9.17, 15) is 23.2 Å². The second-order valence-electron chi connectivity index (χ2n) is 3.80. The molecule has 0 bridgehead atoms. The highest BCUT2D eigenvalue weighted by Gasteiger charge is 2.51. The summed E-state index contributed by atoms with van der Waals surface area (Å²) in [5, 5.41) is 1.76. The fraction of sp³-hybridized carbons (Fsp3) is 0.700. The lowest BCUT2D eigenvalue weighted by molar-refractivity contribution is -0.178. The first-order valence-corrected chi connectivity index (χ1v) is 5.29. The summed E-state index contributed by atoms with van der Waals surface area (Å²) >= 11 is 0. The molecule has 0 saturated carbocycles. The molecule has 0 heterocycles. The molecule has 0 aromatic rings. The first-order valence-electron chi connectivity index (χ1n) is 5.29. The van der Waals surface area contributed by atoms with Gasteiger partial charge in [0.15, 0.2) is 0 Å². The summed E-state index contributed by atoms with van der Waals surface area (Å²) in [6, 6.07) is 0. The highest BCUT2D eigenvalue weighted by molar-refractivity contribution is 6.05. The van der Waals surface area contributed by atoms with Crippen LogP contribution in [0.15, 0.2) is 0 Å². The van der Waals surface area contributed by atoms with Gasteiger partial charge in [-0.3, -0.25) is 9.59 Å². The fourth-order valence-electron chi connectivity index (χ4n) is 0.968. The van der Waals surface area contributed by atoms with Crippen LogP contribution >= 0.6 is 0 Å². The van der Waals surface area contributed by atoms with Gasteiger partial charge in [0.1, 0.15) is 5.54 Å². The number of primary amides is 1. The number of nitrogens with two attached hydrogens (primary N) is 1. The van der Waals surface area contributed by atoms with Gasteiger partial charge in [0.2, 0.25) is 5.91 Å². The topological polar surface area (TPSA) is 98.5 Å². The summed E-state index contributed by atoms with van der Waals surface area (Å²) in [6.07, 6.45) is 0.00692. The molecule has 6 nitrogen and oxygen atoms in total. The molecule has 0 aliphatic heterocycles. The molecule has 1 atom stereocenters. The zero-order valence-electron chi connectivity index (χ0n) is 10.4. The van der Waals surface area contributed by atoms with Gasteiger partial charge in [-0.1, -0.05) is 6.92 Å². The van der Waals surface area contributed by atoms with Crippen molar-refractivity contribution in [3.8, 4) is 0 Å². The molecule has 0 aromatic carbocycles. The van der Waals surface area contributed by atoms with Crippen LogP contribution in [-0.4, -0.2) is 35.9 Å². The molecule has 0 aliphatic carbocycles. The van der Waals surface area contributed by atoms with Gasteiger partial charge >= 0.3 is 17.8 Å². The van der Waals surface area contributed by atoms with Crippen LogP contribution in [0.25, 0.3) is 0 Å². The van der Waals surface area contributed by atoms with Crippen LogP contribution in [0.2, 0.25) is 0 Å². The lowest BCUT2D eigenvalue weighted by Crippen LogP contribution is -2.60. The number of carbonyl (C=O) groups is 3. The number of hydrogen-bond donors (Lipinski definition) is 2. The van der Waals surface area contributed by atoms with E-state index in [1.165, 1.54) is 20.8 Å². The van der Waals surface area contributed by atoms with Gasteiger partial charge in [-0.25, -0.2) is 4.79 Å². The fourth-order valence-corrected chi connectivity index (χ4v) is 0.968. The standard InChI is InChI=1S/C10H16F2N2O4/c1-4-9(3,6(13)15)14-7(16)10(11,12)8(17)18-5-2/h4-5H2,1-3H3,(H2,13,15)(H,14,16). The predicted octanol–water partition coefficient (Wildman–Crippen LogP) is -0.0450. The largest absolute Gasteiger partial charge is 0.461 e. The lowest BCUT2D eigenvalue weighted by Gasteiger charge is -2.27. The van der Waals surface area contributed by atoms with Crippen molar-refractivity contribution in [1.29, 1.82) is 0 Å². The summed E-state index contributed by atoms with van der Waals surface area (Å²) in [6.45, 7) is 3.70. The summed E-state index contributed by atoms with van der Waals surface area (Å²) in [5.41, 5.74) is 3.35. The number of amides is 2. The maximum atomic E-state index is 13.3. The van der Waals surface area contributed by atoms with Crippen LogP contribution in [0.4, 0.5) is 8.78 Å². The monoisotopic (exact) mass is 266 g/mol. The Morgan fingerprint density at radius 1 is 1.28 bits per heavy atom. The third kappa shape index (κ3) is 3.38. The highest BCUT2D eigenvalue weighted by atomic mass is 19.3. The van der Waals surface area contributed by atoms with E-state index < -0.39 is 29.2 Å². The predicted molar refractivity (Wildman–Crippen MR) is 57.6 cm³/mol. The van der Waals surface area contributed by atoms with E-state index in [1.807, 2.05) is 0 Å². The molecule has 0 aliphatic rings. The normalized spacial score (nSPS) is 14.5. The first kappa shape index (κ1) is 16.3. The lowest BCUT2D eigenvalue weighted by atomic mass is 9.97. The van der Waals surface area contributed by atoms with Gasteiger partial charge in [-0.05, 0) is 20.3 Å². The number of halogens is 2. The second kappa shape index (κ2) is 5.74. The van der Waals surface area contributed by atoms with Crippen molar-refractivity contribution >= 4 is 17.8 Å². The molecule has 8 heteroatoms. The Morgan fingerprint density at radius 2 is 1.78 bits per heavy atom. The molecule has 0 fully saturated rings. The van der Waals surface area contributed by atoms with Crippen molar-refractivity contribution in [2.75, 3.05) is 6.61 Å². The third-order valence-corrected chi connectivity index (χ3v) is 2.46. The van der Waals surface area contributed by atoms with Crippen molar-refractivity contribution in [1.82, 2.24) is 5.32 Å². The number of nitrogens with one attached hydrogen (secondary N) is 1. The van der Waals surface area contributed by atoms with Gasteiger partial charge in [-0.2, -0.15) is 8.78 Å². The van der Waals surface area contributed by atoms with Crippen LogP contribution in [0.3, 0.4) is 0 Å². The van der Waals surface area contributed by atoms with Crippen LogP contribution in [-0.2, 0) is 19.1 Å². The minimum Gasteiger partial charge on any atom is -0.461 e. The molecule has 0 rings (SSSR count). The van der Waals surface area contributed by atoms with Gasteiger partial charge in [0.05, 0.1) is 6.61 Å². The first-order chi connectivity index (χ1) is 8.11. The zero-order valence-corrected chi connectivity index (χ0v) is 10.4. The van der Waals surface area contributed by atoms with Crippen molar-refractivity contribution in [2.45, 2.75) is 38.7 Å². The minimum absolute atomic E-state index is 0.00692. The summed E-state index contributed by atoms with van der Waals surface area (Å²) in [4.78, 5) is 33.2. The van der Waals surface area contributed by atoms with E-state index in [0.29, 0.717) is 0 Å². The smallest absolute Gasteiger partial charge is 0.418 e. The zero-order chi connectivity index (χ0) is 14.6. The van der Waals surface area contributed by atoms with Crippen LogP contribution in [0, 0.1) is 0 Å². The molecule has 0 aromatic heterocycles. The molecule has 0 radical (unpaired) electrons. The van der Waals surface area contributed by atoms with E-state index in [1.54, 1.807) is 5.32 Å². The van der Waals surface area contributed by atoms with Gasteiger partial charge in [-0.15, -0.1) is 0 Å². The third-order valence-electron chi connectivity index (χ3n) is 2.46. The maximum absolute atomic E-state index is 13.3. The number of rotatable bonds is 6. The quantitative estimate of drug-likeness (QED) is 0.520. The van der Waals surface area contributed by atoms with Gasteiger partial charge < -0.3 is 15.8 Å². The van der Waals surface area contributed by atoms with E-state index >= 15 is 0 Å². The molecular weight excluding hydrogens is 250 g/mol. The van der Waals surface area contributed by atoms with E-state index in [2.05, 4.69) is 4.74 Å². The Labute approximate surface area is 103 Å². The minimum atomic E-state index is -4.36. The molecule has 3 N–H and O–H groups in total. The van der Waals surface area contributed by atoms with Crippen LogP contribution < -0.4 is 11.1 Å². The average molecular weight is 266 g/mol. The number of hydrogen-bond acceptors (Lipinski definition) is 4. The van der Waals surface area contributed by atoms with Crippen LogP contribution in [0.5, 0.6) is 0 Å². The SMILES string of the molecule is CCOC(=O)C(F)(F)C(=O)NC(C)(CC)C(N)=O. The molecule has 0 saturated heterocycles. The Hall–Kier alpha value is -1.73. The van der Waals surface area contributed by atoms with Crippen molar-refractivity contribution in [3.63, 3.8) is 0 Å². The van der Waals surface area contributed by atoms with Gasteiger partial charge in [0.25, 0.3) is 0 Å². The Morgan fingerprint density at radius 3 is 2.11 bits per heavy atom. The average Bonchev–Trinajstić information content (AvgIpc) is 2.28. The molecule has 104 valence electrons. The molecule has 18 heavy (non-hydrogen) atoms. The summed E-state index contributed by atoms with van der Waals surface area (Å²) < 4.78 is 30.6. The second-order valence-corrected chi connectivity index (χ2v) is 3.80. The van der Waals surface area contributed by atoms with Crippen molar-refractivity contribution in [3.05, 3.63) is 0 Å². The van der Waals surface area contributed by atoms with E-state index in [0.717, 1.165) is 0 Å². The van der Waals surface area contributed by atoms with Crippen LogP contribution in [0.1, 0.15) is 27.2 Å². The summed E-state index contributed by atoms with van der Waals surface area (Å²) in [5.74, 6) is -9.21. The number of carbonyl (C=O) groups excluding carboxylic acids is 3. The highest BCUT2D eigenvalue weighted by Crippen LogP contribution is 2.19. The Kier molecular flexibility index (Phi) is 5.19. The number of alkyl halides is 2. The molecule has 1 unspecified atom stereocenters. The Bertz CT molecular complexity index is 360. The maximum Gasteiger partial charge on any atom is 0.418 e. The molecular formula is C10H16F2N2O4. The molecule has 2 amide bonds. The summed E-state index contributed by atoms with van der Waals surface area (Å²) in [7, 11) is 0. The van der Waals surface area contributed by atoms with E-state index in [4.69, 9.17) is 5.73 Å². The van der Waals surface area contributed by atoms with Crippen molar-refractivity contribution in [2.24, 2.45) is 5.73 Å². The van der Waals surface area contributed by atoms with E-state index in [-0.39, 0.29) is 13.0 Å². The Balaban J connectivity index is 4.96.